The molecule has 1 fully saturated rings. The topological polar surface area (TPSA) is 87.0 Å². The number of aliphatic hydroxyl groups is 1. The monoisotopic (exact) mass is 468 g/mol. The molecule has 0 spiro atoms. The molecule has 1 atom stereocenters. The highest BCUT2D eigenvalue weighted by atomic mass is 35.5. The summed E-state index contributed by atoms with van der Waals surface area (Å²) in [6, 6.07) is 4.83. The van der Waals surface area contributed by atoms with Crippen molar-refractivity contribution in [3.8, 4) is 16.9 Å². The molecule has 3 heterocycles. The highest BCUT2D eigenvalue weighted by Crippen LogP contribution is 2.41. The number of aromatic hydroxyl groups is 1. The van der Waals surface area contributed by atoms with Gasteiger partial charge in [-0.1, -0.05) is 18.5 Å². The van der Waals surface area contributed by atoms with Gasteiger partial charge in [-0.15, -0.1) is 0 Å². The summed E-state index contributed by atoms with van der Waals surface area (Å²) >= 11 is 6.21. The van der Waals surface area contributed by atoms with E-state index in [0.29, 0.717) is 17.3 Å². The van der Waals surface area contributed by atoms with Crippen LogP contribution in [0.2, 0.25) is 5.02 Å². The summed E-state index contributed by atoms with van der Waals surface area (Å²) in [6.07, 6.45) is 8.74. The Kier molecular flexibility index (Phi) is 5.62. The molecule has 1 saturated carbocycles. The van der Waals surface area contributed by atoms with Gasteiger partial charge in [0.15, 0.2) is 0 Å². The molecule has 4 aromatic rings. The number of phenolic OH excluding ortho intramolecular Hbond substituents is 1. The zero-order valence-electron chi connectivity index (χ0n) is 18.5. The van der Waals surface area contributed by atoms with Crippen molar-refractivity contribution in [1.82, 2.24) is 19.7 Å². The van der Waals surface area contributed by atoms with Gasteiger partial charge in [0.1, 0.15) is 17.2 Å². The molecule has 1 aromatic carbocycles. The van der Waals surface area contributed by atoms with E-state index >= 15 is 0 Å². The predicted molar refractivity (Wildman–Crippen MR) is 126 cm³/mol. The summed E-state index contributed by atoms with van der Waals surface area (Å²) in [5.74, 6) is -0.952. The zero-order chi connectivity index (χ0) is 23.3. The van der Waals surface area contributed by atoms with Crippen LogP contribution in [0.1, 0.15) is 61.4 Å². The lowest BCUT2D eigenvalue weighted by Crippen LogP contribution is -2.22. The zero-order valence-corrected chi connectivity index (χ0v) is 19.3. The Morgan fingerprint density at radius 1 is 1.21 bits per heavy atom. The quantitative estimate of drug-likeness (QED) is 0.350. The summed E-state index contributed by atoms with van der Waals surface area (Å²) in [4.78, 5) is 7.77. The van der Waals surface area contributed by atoms with Gasteiger partial charge in [-0.25, -0.2) is 9.37 Å². The molecule has 1 aliphatic rings. The highest BCUT2D eigenvalue weighted by Gasteiger charge is 2.25. The van der Waals surface area contributed by atoms with Crippen molar-refractivity contribution in [1.29, 1.82) is 0 Å². The van der Waals surface area contributed by atoms with Crippen LogP contribution >= 0.6 is 11.6 Å². The van der Waals surface area contributed by atoms with Crippen molar-refractivity contribution in [2.45, 2.75) is 57.6 Å². The molecule has 1 unspecified atom stereocenters. The van der Waals surface area contributed by atoms with E-state index in [1.807, 2.05) is 31.6 Å². The van der Waals surface area contributed by atoms with Crippen molar-refractivity contribution < 1.29 is 14.6 Å². The minimum atomic E-state index is -0.562. The molecule has 33 heavy (non-hydrogen) atoms. The van der Waals surface area contributed by atoms with Crippen LogP contribution in [0, 0.1) is 12.7 Å². The Labute approximate surface area is 196 Å². The number of aromatic amines is 1. The summed E-state index contributed by atoms with van der Waals surface area (Å²) in [5, 5.41) is 25.7. The number of nitrogens with zero attached hydrogens (tertiary/aromatic N) is 3. The van der Waals surface area contributed by atoms with E-state index in [9.17, 15) is 14.6 Å². The van der Waals surface area contributed by atoms with Gasteiger partial charge in [-0.2, -0.15) is 5.10 Å². The predicted octanol–water partition coefficient (Wildman–Crippen LogP) is 5.86. The number of hydrogen-bond acceptors (Lipinski definition) is 4. The molecular weight excluding hydrogens is 443 g/mol. The van der Waals surface area contributed by atoms with Crippen molar-refractivity contribution in [2.75, 3.05) is 0 Å². The molecule has 5 rings (SSSR count). The van der Waals surface area contributed by atoms with Crippen LogP contribution in [-0.2, 0) is 0 Å². The van der Waals surface area contributed by atoms with Gasteiger partial charge in [-0.05, 0) is 56.4 Å². The first kappa shape index (κ1) is 21.9. The maximum atomic E-state index is 14.1. The Morgan fingerprint density at radius 2 is 1.97 bits per heavy atom. The van der Waals surface area contributed by atoms with Crippen LogP contribution in [0.4, 0.5) is 4.39 Å². The lowest BCUT2D eigenvalue weighted by molar-refractivity contribution is 0.107. The van der Waals surface area contributed by atoms with Crippen LogP contribution in [0.15, 0.2) is 36.8 Å². The van der Waals surface area contributed by atoms with Crippen molar-refractivity contribution >= 4 is 22.6 Å². The molecule has 8 heteroatoms. The lowest BCUT2D eigenvalue weighted by Gasteiger charge is -2.26. The Hall–Kier alpha value is -2.90. The van der Waals surface area contributed by atoms with Crippen LogP contribution in [0.5, 0.6) is 5.75 Å². The first-order valence-corrected chi connectivity index (χ1v) is 11.6. The molecule has 3 aromatic heterocycles. The molecule has 0 radical (unpaired) electrons. The van der Waals surface area contributed by atoms with Crippen molar-refractivity contribution in [2.24, 2.45) is 0 Å². The third-order valence-electron chi connectivity index (χ3n) is 6.94. The van der Waals surface area contributed by atoms with Crippen LogP contribution < -0.4 is 0 Å². The Bertz CT molecular complexity index is 1320. The van der Waals surface area contributed by atoms with Gasteiger partial charge in [0.2, 0.25) is 0 Å². The van der Waals surface area contributed by atoms with E-state index in [2.05, 4.69) is 26.7 Å². The number of pyridine rings is 1. The van der Waals surface area contributed by atoms with Gasteiger partial charge >= 0.3 is 0 Å². The molecule has 0 aliphatic heterocycles. The Balaban J connectivity index is 1.53. The number of fused-ring (bicyclic) bond motifs is 1. The van der Waals surface area contributed by atoms with E-state index in [1.54, 1.807) is 0 Å². The maximum absolute atomic E-state index is 14.1. The van der Waals surface area contributed by atoms with Gasteiger partial charge < -0.3 is 15.2 Å². The number of nitrogens with one attached hydrogen (secondary N) is 1. The van der Waals surface area contributed by atoms with E-state index < -0.39 is 5.82 Å². The van der Waals surface area contributed by atoms with Crippen molar-refractivity contribution in [3.05, 3.63) is 64.5 Å². The van der Waals surface area contributed by atoms with E-state index in [-0.39, 0.29) is 22.8 Å². The van der Waals surface area contributed by atoms with Gasteiger partial charge in [-0.3, -0.25) is 4.68 Å². The normalized spacial score (nSPS) is 19.8. The molecule has 0 amide bonds. The summed E-state index contributed by atoms with van der Waals surface area (Å²) in [5.41, 5.74) is 4.93. The average molecular weight is 469 g/mol. The molecule has 0 bridgehead atoms. The van der Waals surface area contributed by atoms with Crippen LogP contribution in [0.3, 0.4) is 0 Å². The number of aliphatic hydroxyl groups excluding tert-OH is 1. The SMILES string of the molecule is Cc1c(-c2cnc3[nH]cc(C(C)c4c(O)ccc(F)c4Cl)c3c2)cnn1C1CCC(O)CC1. The molecule has 1 aliphatic carbocycles. The second kappa shape index (κ2) is 8.47. The van der Waals surface area contributed by atoms with Gasteiger partial charge in [0.05, 0.1) is 23.4 Å². The minimum absolute atomic E-state index is 0.0397. The largest absolute Gasteiger partial charge is 0.508 e. The van der Waals surface area contributed by atoms with E-state index in [1.165, 1.54) is 6.07 Å². The third-order valence-corrected chi connectivity index (χ3v) is 7.32. The number of hydrogen-bond donors (Lipinski definition) is 3. The highest BCUT2D eigenvalue weighted by molar-refractivity contribution is 6.31. The van der Waals surface area contributed by atoms with E-state index in [4.69, 9.17) is 11.6 Å². The smallest absolute Gasteiger partial charge is 0.142 e. The van der Waals surface area contributed by atoms with Crippen molar-refractivity contribution in [3.63, 3.8) is 0 Å². The van der Waals surface area contributed by atoms with Crippen LogP contribution in [0.25, 0.3) is 22.2 Å². The molecule has 172 valence electrons. The lowest BCUT2D eigenvalue weighted by atomic mass is 9.91. The molecule has 3 N–H and O–H groups in total. The third kappa shape index (κ3) is 3.79. The fraction of sp³-hybridized carbons (Fsp3) is 0.360. The minimum Gasteiger partial charge on any atom is -0.508 e. The second-order valence-electron chi connectivity index (χ2n) is 8.93. The Morgan fingerprint density at radius 3 is 2.73 bits per heavy atom. The number of halogens is 2. The first-order chi connectivity index (χ1) is 15.8. The number of aromatic nitrogens is 4. The second-order valence-corrected chi connectivity index (χ2v) is 9.31. The molecule has 6 nitrogen and oxygen atoms in total. The average Bonchev–Trinajstić information content (AvgIpc) is 3.40. The number of phenols is 1. The number of rotatable bonds is 4. The van der Waals surface area contributed by atoms with Gasteiger partial charge in [0, 0.05) is 46.1 Å². The summed E-state index contributed by atoms with van der Waals surface area (Å²) < 4.78 is 16.2. The van der Waals surface area contributed by atoms with E-state index in [0.717, 1.165) is 59.5 Å². The maximum Gasteiger partial charge on any atom is 0.142 e. The van der Waals surface area contributed by atoms with Crippen LogP contribution in [-0.4, -0.2) is 36.1 Å². The van der Waals surface area contributed by atoms with Gasteiger partial charge in [0.25, 0.3) is 0 Å². The number of benzene rings is 1. The fourth-order valence-corrected chi connectivity index (χ4v) is 5.35. The summed E-state index contributed by atoms with van der Waals surface area (Å²) in [7, 11) is 0. The first-order valence-electron chi connectivity index (χ1n) is 11.2. The molecule has 0 saturated heterocycles. The fourth-order valence-electron chi connectivity index (χ4n) is 5.03. The number of H-pyrrole nitrogens is 1. The summed E-state index contributed by atoms with van der Waals surface area (Å²) in [6.45, 7) is 3.94. The molecular formula is C25H26ClFN4O2. The standard InChI is InChI=1S/C25H26ClFN4O2/c1-13(23-22(33)8-7-21(27)24(23)26)19-11-29-25-18(19)9-15(10-28-25)20-12-30-31(14(20)2)16-3-5-17(32)6-4-16/h7-13,16-17,32-33H,3-6H2,1-2H3,(H,28,29).